The van der Waals surface area contributed by atoms with Gasteiger partial charge in [0.15, 0.2) is 5.60 Å². The van der Waals surface area contributed by atoms with Crippen LogP contribution >= 0.6 is 0 Å². The van der Waals surface area contributed by atoms with Crippen molar-refractivity contribution >= 4 is 11.9 Å². The molecule has 1 N–H and O–H groups in total. The van der Waals surface area contributed by atoms with Crippen molar-refractivity contribution in [2.45, 2.75) is 32.8 Å². The third-order valence-electron chi connectivity index (χ3n) is 1.51. The number of methoxy groups -OCH3 is 2. The molecule has 0 amide bonds. The third kappa shape index (κ3) is 12.8. The number of carbonyl (C=O) groups excluding carboxylic acids is 2. The van der Waals surface area contributed by atoms with Crippen LogP contribution < -0.4 is 0 Å². The molecule has 0 heterocycles. The maximum absolute atomic E-state index is 10.6. The zero-order valence-electron chi connectivity index (χ0n) is 11.1. The maximum atomic E-state index is 10.6. The van der Waals surface area contributed by atoms with Gasteiger partial charge in [0.25, 0.3) is 0 Å². The lowest BCUT2D eigenvalue weighted by molar-refractivity contribution is -0.161. The molecule has 102 valence electrons. The molecule has 6 heteroatoms. The van der Waals surface area contributed by atoms with Gasteiger partial charge in [-0.25, -0.2) is 4.79 Å². The second-order valence-electron chi connectivity index (χ2n) is 3.60. The highest BCUT2D eigenvalue weighted by Crippen LogP contribution is 2.02. The first-order valence-corrected chi connectivity index (χ1v) is 5.24. The molecule has 0 fully saturated rings. The molecule has 6 nitrogen and oxygen atoms in total. The molecule has 0 unspecified atom stereocenters. The monoisotopic (exact) mass is 250 g/mol. The smallest absolute Gasteiger partial charge is 0.337 e. The second-order valence-corrected chi connectivity index (χ2v) is 3.60. The summed E-state index contributed by atoms with van der Waals surface area (Å²) in [4.78, 5) is 20.9. The van der Waals surface area contributed by atoms with E-state index in [2.05, 4.69) is 14.2 Å². The van der Waals surface area contributed by atoms with E-state index in [9.17, 15) is 9.59 Å². The van der Waals surface area contributed by atoms with Crippen LogP contribution in [-0.4, -0.2) is 50.1 Å². The van der Waals surface area contributed by atoms with Crippen LogP contribution in [0, 0.1) is 0 Å². The number of aliphatic hydroxyl groups is 1. The van der Waals surface area contributed by atoms with Gasteiger partial charge < -0.3 is 19.3 Å². The molecule has 0 radical (unpaired) electrons. The summed E-state index contributed by atoms with van der Waals surface area (Å²) in [6.45, 7) is 5.23. The van der Waals surface area contributed by atoms with E-state index >= 15 is 0 Å². The summed E-state index contributed by atoms with van der Waals surface area (Å²) >= 11 is 0. The number of rotatable bonds is 5. The first-order valence-electron chi connectivity index (χ1n) is 5.24. The van der Waals surface area contributed by atoms with Gasteiger partial charge in [0.2, 0.25) is 0 Å². The molecule has 0 aliphatic rings. The molecule has 0 spiro atoms. The normalized spacial score (nSPS) is 10.0. The van der Waals surface area contributed by atoms with Crippen LogP contribution in [0.25, 0.3) is 0 Å². The number of hydrogen-bond acceptors (Lipinski definition) is 6. The Kier molecular flexibility index (Phi) is 10.8. The van der Waals surface area contributed by atoms with Gasteiger partial charge in [-0.1, -0.05) is 0 Å². The molecule has 0 bridgehead atoms. The fourth-order valence-electron chi connectivity index (χ4n) is 0.595. The summed E-state index contributed by atoms with van der Waals surface area (Å²) in [6, 6.07) is 0. The van der Waals surface area contributed by atoms with Gasteiger partial charge in [-0.15, -0.1) is 0 Å². The molecular formula is C11H22O6. The van der Waals surface area contributed by atoms with Crippen LogP contribution in [0.4, 0.5) is 0 Å². The Morgan fingerprint density at radius 1 is 1.24 bits per heavy atom. The first-order chi connectivity index (χ1) is 7.79. The summed E-state index contributed by atoms with van der Waals surface area (Å²) in [7, 11) is 2.90. The maximum Gasteiger partial charge on any atom is 0.337 e. The second kappa shape index (κ2) is 10.0. The summed E-state index contributed by atoms with van der Waals surface area (Å²) in [5.41, 5.74) is -1.35. The Hall–Kier alpha value is -1.14. The largest absolute Gasteiger partial charge is 0.469 e. The van der Waals surface area contributed by atoms with Gasteiger partial charge in [-0.3, -0.25) is 4.79 Å². The number of esters is 2. The van der Waals surface area contributed by atoms with Crippen LogP contribution in [-0.2, 0) is 23.8 Å². The van der Waals surface area contributed by atoms with E-state index in [1.54, 1.807) is 14.0 Å². The average Bonchev–Trinajstić information content (AvgIpc) is 2.25. The van der Waals surface area contributed by atoms with Crippen molar-refractivity contribution in [3.63, 3.8) is 0 Å². The third-order valence-corrected chi connectivity index (χ3v) is 1.51. The molecule has 0 atom stereocenters. The number of hydrogen-bond donors (Lipinski definition) is 1. The van der Waals surface area contributed by atoms with Gasteiger partial charge in [-0.05, 0) is 20.8 Å². The van der Waals surface area contributed by atoms with Crippen LogP contribution in [0.5, 0.6) is 0 Å². The highest BCUT2D eigenvalue weighted by molar-refractivity contribution is 5.78. The van der Waals surface area contributed by atoms with Crippen LogP contribution in [0.2, 0.25) is 0 Å². The van der Waals surface area contributed by atoms with Crippen molar-refractivity contribution in [3.05, 3.63) is 0 Å². The number of carbonyl (C=O) groups is 2. The minimum Gasteiger partial charge on any atom is -0.469 e. The van der Waals surface area contributed by atoms with Crippen molar-refractivity contribution in [1.82, 2.24) is 0 Å². The Morgan fingerprint density at radius 2 is 1.76 bits per heavy atom. The lowest BCUT2D eigenvalue weighted by Gasteiger charge is -2.13. The van der Waals surface area contributed by atoms with Crippen LogP contribution in [0.3, 0.4) is 0 Å². The van der Waals surface area contributed by atoms with Crippen LogP contribution in [0.15, 0.2) is 0 Å². The Bertz CT molecular complexity index is 218. The van der Waals surface area contributed by atoms with Crippen molar-refractivity contribution in [2.75, 3.05) is 27.4 Å². The topological polar surface area (TPSA) is 82.1 Å². The standard InChI is InChI=1S/C6H12O3.C5H10O3/c1-4-9-5(7)6(2,3)8;1-7-4-3-5(6)8-2/h8H,4H2,1-3H3;3-4H2,1-2H3. The molecule has 17 heavy (non-hydrogen) atoms. The molecule has 0 rings (SSSR count). The predicted molar refractivity (Wildman–Crippen MR) is 61.4 cm³/mol. The van der Waals surface area contributed by atoms with E-state index in [-0.39, 0.29) is 5.97 Å². The quantitative estimate of drug-likeness (QED) is 0.716. The van der Waals surface area contributed by atoms with E-state index in [4.69, 9.17) is 5.11 Å². The predicted octanol–water partition coefficient (Wildman–Crippen LogP) is 0.516. The number of ether oxygens (including phenoxy) is 3. The zero-order valence-corrected chi connectivity index (χ0v) is 11.1. The summed E-state index contributed by atoms with van der Waals surface area (Å²) in [5, 5.41) is 8.94. The van der Waals surface area contributed by atoms with E-state index in [1.165, 1.54) is 21.0 Å². The van der Waals surface area contributed by atoms with E-state index in [0.717, 1.165) is 0 Å². The van der Waals surface area contributed by atoms with Gasteiger partial charge >= 0.3 is 11.9 Å². The average molecular weight is 250 g/mol. The molecule has 0 aliphatic heterocycles. The Balaban J connectivity index is 0. The fourth-order valence-corrected chi connectivity index (χ4v) is 0.595. The van der Waals surface area contributed by atoms with Gasteiger partial charge in [0.1, 0.15) is 0 Å². The van der Waals surface area contributed by atoms with Crippen molar-refractivity contribution in [2.24, 2.45) is 0 Å². The molecule has 0 saturated heterocycles. The van der Waals surface area contributed by atoms with Gasteiger partial charge in [-0.2, -0.15) is 0 Å². The van der Waals surface area contributed by atoms with E-state index in [0.29, 0.717) is 19.6 Å². The summed E-state index contributed by atoms with van der Waals surface area (Å²) in [6.07, 6.45) is 0.340. The molecule has 0 aliphatic carbocycles. The van der Waals surface area contributed by atoms with Gasteiger partial charge in [0.05, 0.1) is 26.7 Å². The minimum atomic E-state index is -1.35. The molecule has 0 aromatic carbocycles. The summed E-state index contributed by atoms with van der Waals surface area (Å²) in [5.74, 6) is -0.808. The first kappa shape index (κ1) is 18.2. The van der Waals surface area contributed by atoms with Crippen molar-refractivity contribution < 1.29 is 28.9 Å². The Morgan fingerprint density at radius 3 is 2.00 bits per heavy atom. The lowest BCUT2D eigenvalue weighted by atomic mass is 10.1. The van der Waals surface area contributed by atoms with Crippen molar-refractivity contribution in [1.29, 1.82) is 0 Å². The molecule has 0 saturated carbocycles. The fraction of sp³-hybridized carbons (Fsp3) is 0.818. The van der Waals surface area contributed by atoms with Crippen molar-refractivity contribution in [3.8, 4) is 0 Å². The molecular weight excluding hydrogens is 228 g/mol. The van der Waals surface area contributed by atoms with Crippen LogP contribution in [0.1, 0.15) is 27.2 Å². The SMILES string of the molecule is CCOC(=O)C(C)(C)O.COCCC(=O)OC. The highest BCUT2D eigenvalue weighted by atomic mass is 16.5. The van der Waals surface area contributed by atoms with Gasteiger partial charge in [0, 0.05) is 7.11 Å². The minimum absolute atomic E-state index is 0.230. The lowest BCUT2D eigenvalue weighted by Crippen LogP contribution is -2.32. The Labute approximate surface area is 102 Å². The van der Waals surface area contributed by atoms with E-state index < -0.39 is 11.6 Å². The van der Waals surface area contributed by atoms with E-state index in [1.807, 2.05) is 0 Å². The highest BCUT2D eigenvalue weighted by Gasteiger charge is 2.24. The summed E-state index contributed by atoms with van der Waals surface area (Å²) < 4.78 is 13.5. The zero-order chi connectivity index (χ0) is 13.9. The molecule has 0 aromatic heterocycles. The molecule has 0 aromatic rings.